The standard InChI is InChI=1S/C19H19N3O2S/c1-12-15-17(20-11-21(2)18(15)23)25-16(12)19(24)22-10-6-9-14(22)13-7-4-3-5-8-13/h3-5,7-8,11,14H,6,9-10H2,1-2H3/t14-/m0/s1. The molecule has 1 aliphatic rings. The summed E-state index contributed by atoms with van der Waals surface area (Å²) in [6.45, 7) is 2.60. The largest absolute Gasteiger partial charge is 0.331 e. The number of benzene rings is 1. The van der Waals surface area contributed by atoms with E-state index in [2.05, 4.69) is 17.1 Å². The minimum atomic E-state index is -0.0983. The van der Waals surface area contributed by atoms with E-state index in [-0.39, 0.29) is 17.5 Å². The van der Waals surface area contributed by atoms with Crippen LogP contribution in [-0.4, -0.2) is 26.9 Å². The average Bonchev–Trinajstić information content (AvgIpc) is 3.24. The molecule has 0 aliphatic carbocycles. The average molecular weight is 353 g/mol. The molecule has 2 aromatic heterocycles. The summed E-state index contributed by atoms with van der Waals surface area (Å²) in [5.41, 5.74) is 1.82. The summed E-state index contributed by atoms with van der Waals surface area (Å²) in [5.74, 6) is 0.00825. The first-order valence-corrected chi connectivity index (χ1v) is 9.20. The van der Waals surface area contributed by atoms with Gasteiger partial charge in [-0.3, -0.25) is 9.59 Å². The highest BCUT2D eigenvalue weighted by molar-refractivity contribution is 7.20. The van der Waals surface area contributed by atoms with Crippen molar-refractivity contribution < 1.29 is 4.79 Å². The molecule has 0 saturated carbocycles. The summed E-state index contributed by atoms with van der Waals surface area (Å²) < 4.78 is 1.46. The maximum absolute atomic E-state index is 13.2. The van der Waals surface area contributed by atoms with Crippen LogP contribution in [0.5, 0.6) is 0 Å². The lowest BCUT2D eigenvalue weighted by Crippen LogP contribution is -2.30. The molecule has 5 nitrogen and oxygen atoms in total. The maximum atomic E-state index is 13.2. The molecule has 1 amide bonds. The topological polar surface area (TPSA) is 55.2 Å². The van der Waals surface area contributed by atoms with Crippen LogP contribution in [0.15, 0.2) is 41.5 Å². The van der Waals surface area contributed by atoms with Crippen LogP contribution in [0.3, 0.4) is 0 Å². The van der Waals surface area contributed by atoms with Crippen LogP contribution in [-0.2, 0) is 7.05 Å². The van der Waals surface area contributed by atoms with E-state index in [0.29, 0.717) is 15.1 Å². The van der Waals surface area contributed by atoms with Crippen molar-refractivity contribution in [2.75, 3.05) is 6.54 Å². The zero-order valence-electron chi connectivity index (χ0n) is 14.2. The van der Waals surface area contributed by atoms with Crippen molar-refractivity contribution in [1.82, 2.24) is 14.5 Å². The van der Waals surface area contributed by atoms with Gasteiger partial charge in [-0.2, -0.15) is 0 Å². The Kier molecular flexibility index (Phi) is 3.92. The fourth-order valence-corrected chi connectivity index (χ4v) is 4.67. The first-order chi connectivity index (χ1) is 12.1. The Hall–Kier alpha value is -2.47. The van der Waals surface area contributed by atoms with Crippen LogP contribution in [0.2, 0.25) is 0 Å². The van der Waals surface area contributed by atoms with Crippen LogP contribution in [0, 0.1) is 6.92 Å². The van der Waals surface area contributed by atoms with E-state index in [1.807, 2.05) is 30.0 Å². The number of carbonyl (C=O) groups is 1. The van der Waals surface area contributed by atoms with E-state index < -0.39 is 0 Å². The number of aromatic nitrogens is 2. The molecule has 3 aromatic rings. The number of fused-ring (bicyclic) bond motifs is 1. The second-order valence-corrected chi connectivity index (χ2v) is 7.46. The maximum Gasteiger partial charge on any atom is 0.264 e. The van der Waals surface area contributed by atoms with Gasteiger partial charge in [-0.1, -0.05) is 30.3 Å². The molecule has 1 saturated heterocycles. The Morgan fingerprint density at radius 3 is 2.80 bits per heavy atom. The molecule has 0 unspecified atom stereocenters. The second kappa shape index (κ2) is 6.11. The van der Waals surface area contributed by atoms with Crippen molar-refractivity contribution in [3.63, 3.8) is 0 Å². The van der Waals surface area contributed by atoms with E-state index in [4.69, 9.17) is 0 Å². The Bertz CT molecular complexity index is 1010. The van der Waals surface area contributed by atoms with Gasteiger partial charge in [0.2, 0.25) is 0 Å². The van der Waals surface area contributed by atoms with E-state index in [1.54, 1.807) is 7.05 Å². The van der Waals surface area contributed by atoms with E-state index in [1.165, 1.54) is 27.8 Å². The molecule has 3 heterocycles. The number of likely N-dealkylation sites (tertiary alicyclic amines) is 1. The third-order valence-corrected chi connectivity index (χ3v) is 6.09. The Balaban J connectivity index is 1.76. The lowest BCUT2D eigenvalue weighted by molar-refractivity contribution is 0.0740. The molecule has 0 spiro atoms. The van der Waals surface area contributed by atoms with Crippen molar-refractivity contribution in [3.8, 4) is 0 Å². The van der Waals surface area contributed by atoms with Gasteiger partial charge in [-0.25, -0.2) is 4.98 Å². The van der Waals surface area contributed by atoms with Crippen LogP contribution in [0.1, 0.15) is 39.7 Å². The second-order valence-electron chi connectivity index (χ2n) is 6.46. The lowest BCUT2D eigenvalue weighted by Gasteiger charge is -2.25. The van der Waals surface area contributed by atoms with Gasteiger partial charge in [0.25, 0.3) is 11.5 Å². The van der Waals surface area contributed by atoms with Gasteiger partial charge in [-0.05, 0) is 30.9 Å². The molecule has 4 rings (SSSR count). The molecule has 1 atom stereocenters. The zero-order valence-corrected chi connectivity index (χ0v) is 15.0. The van der Waals surface area contributed by atoms with Gasteiger partial charge < -0.3 is 9.47 Å². The Morgan fingerprint density at radius 2 is 2.04 bits per heavy atom. The predicted octanol–water partition coefficient (Wildman–Crippen LogP) is 3.28. The van der Waals surface area contributed by atoms with Gasteiger partial charge in [0.15, 0.2) is 0 Å². The van der Waals surface area contributed by atoms with E-state index >= 15 is 0 Å². The highest BCUT2D eigenvalue weighted by Gasteiger charge is 2.32. The fourth-order valence-electron chi connectivity index (χ4n) is 3.57. The molecule has 1 aliphatic heterocycles. The third kappa shape index (κ3) is 2.57. The molecular weight excluding hydrogens is 334 g/mol. The SMILES string of the molecule is Cc1c(C(=O)N2CCC[C@H]2c2ccccc2)sc2ncn(C)c(=O)c12. The van der Waals surface area contributed by atoms with Crippen LogP contribution < -0.4 is 5.56 Å². The van der Waals surface area contributed by atoms with E-state index in [9.17, 15) is 9.59 Å². The molecule has 1 aromatic carbocycles. The number of amides is 1. The normalized spacial score (nSPS) is 17.4. The molecular formula is C19H19N3O2S. The predicted molar refractivity (Wildman–Crippen MR) is 99.1 cm³/mol. The summed E-state index contributed by atoms with van der Waals surface area (Å²) in [4.78, 5) is 33.1. The number of hydrogen-bond acceptors (Lipinski definition) is 4. The summed E-state index contributed by atoms with van der Waals surface area (Å²) in [6, 6.07) is 10.3. The molecule has 128 valence electrons. The molecule has 0 N–H and O–H groups in total. The summed E-state index contributed by atoms with van der Waals surface area (Å²) in [5, 5.41) is 0.564. The van der Waals surface area contributed by atoms with Crippen LogP contribution in [0.4, 0.5) is 0 Å². The van der Waals surface area contributed by atoms with Crippen molar-refractivity contribution >= 4 is 27.5 Å². The molecule has 6 heteroatoms. The minimum Gasteiger partial charge on any atom is -0.331 e. The summed E-state index contributed by atoms with van der Waals surface area (Å²) in [6.07, 6.45) is 3.48. The van der Waals surface area contributed by atoms with Crippen molar-refractivity contribution in [2.24, 2.45) is 7.05 Å². The molecule has 0 radical (unpaired) electrons. The van der Waals surface area contributed by atoms with Crippen LogP contribution >= 0.6 is 11.3 Å². The summed E-state index contributed by atoms with van der Waals surface area (Å²) in [7, 11) is 1.68. The summed E-state index contributed by atoms with van der Waals surface area (Å²) >= 11 is 1.32. The molecule has 1 fully saturated rings. The van der Waals surface area contributed by atoms with Gasteiger partial charge in [0.1, 0.15) is 4.83 Å². The Morgan fingerprint density at radius 1 is 1.28 bits per heavy atom. The number of carbonyl (C=O) groups excluding carboxylic acids is 1. The van der Waals surface area contributed by atoms with Gasteiger partial charge in [-0.15, -0.1) is 11.3 Å². The van der Waals surface area contributed by atoms with Crippen molar-refractivity contribution in [3.05, 3.63) is 63.0 Å². The van der Waals surface area contributed by atoms with Crippen molar-refractivity contribution in [2.45, 2.75) is 25.8 Å². The first-order valence-electron chi connectivity index (χ1n) is 8.38. The zero-order chi connectivity index (χ0) is 17.6. The number of hydrogen-bond donors (Lipinski definition) is 0. The fraction of sp³-hybridized carbons (Fsp3) is 0.316. The van der Waals surface area contributed by atoms with Gasteiger partial charge in [0.05, 0.1) is 22.6 Å². The molecule has 25 heavy (non-hydrogen) atoms. The first kappa shape index (κ1) is 16.0. The lowest BCUT2D eigenvalue weighted by atomic mass is 10.0. The smallest absolute Gasteiger partial charge is 0.264 e. The number of aryl methyl sites for hydroxylation is 2. The quantitative estimate of drug-likeness (QED) is 0.710. The van der Waals surface area contributed by atoms with Gasteiger partial charge >= 0.3 is 0 Å². The highest BCUT2D eigenvalue weighted by Crippen LogP contribution is 2.36. The third-order valence-electron chi connectivity index (χ3n) is 4.90. The van der Waals surface area contributed by atoms with Gasteiger partial charge in [0, 0.05) is 13.6 Å². The molecule has 0 bridgehead atoms. The highest BCUT2D eigenvalue weighted by atomic mass is 32.1. The van der Waals surface area contributed by atoms with Crippen molar-refractivity contribution in [1.29, 1.82) is 0 Å². The number of rotatable bonds is 2. The van der Waals surface area contributed by atoms with E-state index in [0.717, 1.165) is 24.9 Å². The minimum absolute atomic E-state index is 0.00825. The monoisotopic (exact) mass is 353 g/mol. The Labute approximate surface area is 149 Å². The number of thiophene rings is 1. The van der Waals surface area contributed by atoms with Crippen LogP contribution in [0.25, 0.3) is 10.2 Å². The number of nitrogens with zero attached hydrogens (tertiary/aromatic N) is 3.